The number of aliphatic hydroxyl groups is 1. The fourth-order valence-corrected chi connectivity index (χ4v) is 1.84. The first-order valence-electron chi connectivity index (χ1n) is 6.48. The van der Waals surface area contributed by atoms with Gasteiger partial charge in [-0.25, -0.2) is 0 Å². The highest BCUT2D eigenvalue weighted by Crippen LogP contribution is 2.24. The van der Waals surface area contributed by atoms with Gasteiger partial charge in [-0.2, -0.15) is 0 Å². The third kappa shape index (κ3) is 5.27. The SMILES string of the molecule is COc1ccc(Oc2ccc(C[C@H](N)CO)cc2)cc1.Cl. The molecule has 5 heteroatoms. The molecule has 0 unspecified atom stereocenters. The number of hydrogen-bond donors (Lipinski definition) is 2. The van der Waals surface area contributed by atoms with Gasteiger partial charge >= 0.3 is 0 Å². The van der Waals surface area contributed by atoms with Gasteiger partial charge in [-0.1, -0.05) is 12.1 Å². The first-order valence-corrected chi connectivity index (χ1v) is 6.48. The van der Waals surface area contributed by atoms with Crippen LogP contribution in [0.4, 0.5) is 0 Å². The van der Waals surface area contributed by atoms with Crippen molar-refractivity contribution < 1.29 is 14.6 Å². The van der Waals surface area contributed by atoms with Crippen molar-refractivity contribution in [1.82, 2.24) is 0 Å². The molecular formula is C16H20ClNO3. The number of aliphatic hydroxyl groups excluding tert-OH is 1. The summed E-state index contributed by atoms with van der Waals surface area (Å²) in [5.74, 6) is 2.31. The largest absolute Gasteiger partial charge is 0.497 e. The van der Waals surface area contributed by atoms with E-state index in [1.54, 1.807) is 7.11 Å². The Balaban J connectivity index is 0.00000220. The summed E-state index contributed by atoms with van der Waals surface area (Å²) in [5, 5.41) is 8.93. The Hall–Kier alpha value is -1.75. The summed E-state index contributed by atoms with van der Waals surface area (Å²) < 4.78 is 10.8. The van der Waals surface area contributed by atoms with Crippen LogP contribution in [-0.4, -0.2) is 24.9 Å². The lowest BCUT2D eigenvalue weighted by molar-refractivity contribution is 0.265. The van der Waals surface area contributed by atoms with Crippen molar-refractivity contribution in [2.45, 2.75) is 12.5 Å². The molecule has 0 bridgehead atoms. The standard InChI is InChI=1S/C16H19NO3.ClH/c1-19-14-6-8-16(9-7-14)20-15-4-2-12(3-5-15)10-13(17)11-18;/h2-9,13,18H,10-11,17H2,1H3;1H/t13-;/m0./s1. The smallest absolute Gasteiger partial charge is 0.127 e. The monoisotopic (exact) mass is 309 g/mol. The zero-order valence-electron chi connectivity index (χ0n) is 11.9. The summed E-state index contributed by atoms with van der Waals surface area (Å²) in [6.07, 6.45) is 0.652. The van der Waals surface area contributed by atoms with Crippen LogP contribution in [0.2, 0.25) is 0 Å². The minimum absolute atomic E-state index is 0. The van der Waals surface area contributed by atoms with Crippen LogP contribution in [0.25, 0.3) is 0 Å². The molecule has 0 aliphatic carbocycles. The Labute approximate surface area is 130 Å². The minimum Gasteiger partial charge on any atom is -0.497 e. The molecule has 0 radical (unpaired) electrons. The lowest BCUT2D eigenvalue weighted by Crippen LogP contribution is -2.26. The van der Waals surface area contributed by atoms with Gasteiger partial charge in [-0.3, -0.25) is 0 Å². The zero-order chi connectivity index (χ0) is 14.4. The quantitative estimate of drug-likeness (QED) is 0.861. The Morgan fingerprint density at radius 1 is 0.952 bits per heavy atom. The van der Waals surface area contributed by atoms with Crippen molar-refractivity contribution >= 4 is 12.4 Å². The third-order valence-electron chi connectivity index (χ3n) is 2.95. The molecule has 0 saturated heterocycles. The normalized spacial score (nSPS) is 11.4. The maximum absolute atomic E-state index is 8.93. The van der Waals surface area contributed by atoms with E-state index < -0.39 is 0 Å². The molecule has 0 spiro atoms. The maximum atomic E-state index is 8.93. The van der Waals surface area contributed by atoms with Crippen LogP contribution in [0.3, 0.4) is 0 Å². The molecule has 0 heterocycles. The number of ether oxygens (including phenoxy) is 2. The van der Waals surface area contributed by atoms with E-state index in [0.717, 1.165) is 22.8 Å². The number of hydrogen-bond acceptors (Lipinski definition) is 4. The second-order valence-corrected chi connectivity index (χ2v) is 4.57. The van der Waals surface area contributed by atoms with Crippen molar-refractivity contribution in [3.63, 3.8) is 0 Å². The molecular weight excluding hydrogens is 290 g/mol. The van der Waals surface area contributed by atoms with E-state index in [4.69, 9.17) is 20.3 Å². The highest BCUT2D eigenvalue weighted by Gasteiger charge is 2.03. The molecule has 2 aromatic carbocycles. The second kappa shape index (κ2) is 8.52. The highest BCUT2D eigenvalue weighted by molar-refractivity contribution is 5.85. The van der Waals surface area contributed by atoms with E-state index in [-0.39, 0.29) is 25.1 Å². The summed E-state index contributed by atoms with van der Waals surface area (Å²) in [4.78, 5) is 0. The Morgan fingerprint density at radius 3 is 1.90 bits per heavy atom. The van der Waals surface area contributed by atoms with Gasteiger partial charge in [-0.05, 0) is 48.4 Å². The van der Waals surface area contributed by atoms with Crippen molar-refractivity contribution in [2.24, 2.45) is 5.73 Å². The van der Waals surface area contributed by atoms with Crippen LogP contribution in [0.5, 0.6) is 17.2 Å². The molecule has 0 saturated carbocycles. The number of halogens is 1. The lowest BCUT2D eigenvalue weighted by Gasteiger charge is -2.10. The van der Waals surface area contributed by atoms with Gasteiger partial charge in [0.1, 0.15) is 17.2 Å². The summed E-state index contributed by atoms with van der Waals surface area (Å²) in [6, 6.07) is 14.9. The van der Waals surface area contributed by atoms with E-state index in [1.807, 2.05) is 48.5 Å². The molecule has 1 atom stereocenters. The molecule has 0 aromatic heterocycles. The van der Waals surface area contributed by atoms with Gasteiger partial charge < -0.3 is 20.3 Å². The minimum atomic E-state index is -0.219. The Bertz CT molecular complexity index is 528. The van der Waals surface area contributed by atoms with E-state index in [2.05, 4.69) is 0 Å². The van der Waals surface area contributed by atoms with Gasteiger partial charge in [0.15, 0.2) is 0 Å². The van der Waals surface area contributed by atoms with Crippen LogP contribution in [0.15, 0.2) is 48.5 Å². The number of nitrogens with two attached hydrogens (primary N) is 1. The molecule has 21 heavy (non-hydrogen) atoms. The number of methoxy groups -OCH3 is 1. The fourth-order valence-electron chi connectivity index (χ4n) is 1.84. The molecule has 2 aromatic rings. The maximum Gasteiger partial charge on any atom is 0.127 e. The summed E-state index contributed by atoms with van der Waals surface area (Å²) >= 11 is 0. The molecule has 4 nitrogen and oxygen atoms in total. The van der Waals surface area contributed by atoms with Crippen LogP contribution >= 0.6 is 12.4 Å². The fraction of sp³-hybridized carbons (Fsp3) is 0.250. The molecule has 0 aliphatic heterocycles. The van der Waals surface area contributed by atoms with Crippen molar-refractivity contribution in [3.8, 4) is 17.2 Å². The van der Waals surface area contributed by atoms with Crippen LogP contribution < -0.4 is 15.2 Å². The summed E-state index contributed by atoms with van der Waals surface area (Å²) in [6.45, 7) is -0.00982. The first-order chi connectivity index (χ1) is 9.71. The van der Waals surface area contributed by atoms with Crippen LogP contribution in [0.1, 0.15) is 5.56 Å². The van der Waals surface area contributed by atoms with Crippen LogP contribution in [0, 0.1) is 0 Å². The van der Waals surface area contributed by atoms with Crippen molar-refractivity contribution in [2.75, 3.05) is 13.7 Å². The highest BCUT2D eigenvalue weighted by atomic mass is 35.5. The predicted octanol–water partition coefficient (Wildman–Crippen LogP) is 2.77. The van der Waals surface area contributed by atoms with Gasteiger partial charge in [0.25, 0.3) is 0 Å². The average molecular weight is 310 g/mol. The third-order valence-corrected chi connectivity index (χ3v) is 2.95. The van der Waals surface area contributed by atoms with E-state index in [0.29, 0.717) is 6.42 Å². The second-order valence-electron chi connectivity index (χ2n) is 4.57. The molecule has 2 rings (SSSR count). The van der Waals surface area contributed by atoms with Crippen molar-refractivity contribution in [3.05, 3.63) is 54.1 Å². The molecule has 3 N–H and O–H groups in total. The summed E-state index contributed by atoms with van der Waals surface area (Å²) in [7, 11) is 1.63. The average Bonchev–Trinajstić information content (AvgIpc) is 2.50. The van der Waals surface area contributed by atoms with E-state index in [9.17, 15) is 0 Å². The van der Waals surface area contributed by atoms with Gasteiger partial charge in [0, 0.05) is 6.04 Å². The van der Waals surface area contributed by atoms with Crippen LogP contribution in [-0.2, 0) is 6.42 Å². The molecule has 114 valence electrons. The van der Waals surface area contributed by atoms with Crippen molar-refractivity contribution in [1.29, 1.82) is 0 Å². The predicted molar refractivity (Wildman–Crippen MR) is 85.5 cm³/mol. The first kappa shape index (κ1) is 17.3. The number of benzene rings is 2. The summed E-state index contributed by atoms with van der Waals surface area (Å²) in [5.41, 5.74) is 6.78. The molecule has 0 amide bonds. The Morgan fingerprint density at radius 2 is 1.43 bits per heavy atom. The molecule has 0 aliphatic rings. The molecule has 0 fully saturated rings. The van der Waals surface area contributed by atoms with E-state index in [1.165, 1.54) is 0 Å². The lowest BCUT2D eigenvalue weighted by atomic mass is 10.1. The van der Waals surface area contributed by atoms with Gasteiger partial charge in [0.05, 0.1) is 13.7 Å². The van der Waals surface area contributed by atoms with Gasteiger partial charge in [-0.15, -0.1) is 12.4 Å². The topological polar surface area (TPSA) is 64.7 Å². The Kier molecular flexibility index (Phi) is 7.02. The van der Waals surface area contributed by atoms with E-state index >= 15 is 0 Å². The number of rotatable bonds is 6. The van der Waals surface area contributed by atoms with Gasteiger partial charge in [0.2, 0.25) is 0 Å². The zero-order valence-corrected chi connectivity index (χ0v) is 12.7.